The standard InChI is InChI=1S/C14H19N3O5S/c1-8(7-11-9(2)15-17(4)10(11)3)16-23(20,21)13-6-5-12(22-13)14(18)19/h5-6,8,16H,7H2,1-4H3,(H,18,19). The molecule has 0 aliphatic carbocycles. The fourth-order valence-corrected chi connectivity index (χ4v) is 3.54. The Bertz CT molecular complexity index is 835. The van der Waals surface area contributed by atoms with Crippen molar-refractivity contribution in [2.75, 3.05) is 0 Å². The van der Waals surface area contributed by atoms with Crippen LogP contribution < -0.4 is 4.72 Å². The molecule has 0 amide bonds. The molecule has 0 fully saturated rings. The van der Waals surface area contributed by atoms with Gasteiger partial charge in [0.05, 0.1) is 5.69 Å². The maximum atomic E-state index is 12.2. The molecule has 0 spiro atoms. The highest BCUT2D eigenvalue weighted by atomic mass is 32.2. The van der Waals surface area contributed by atoms with Crippen LogP contribution in [0.1, 0.15) is 34.4 Å². The lowest BCUT2D eigenvalue weighted by Crippen LogP contribution is -2.34. The highest BCUT2D eigenvalue weighted by Crippen LogP contribution is 2.17. The van der Waals surface area contributed by atoms with E-state index in [-0.39, 0.29) is 0 Å². The zero-order valence-corrected chi connectivity index (χ0v) is 14.1. The van der Waals surface area contributed by atoms with Gasteiger partial charge in [-0.2, -0.15) is 5.10 Å². The van der Waals surface area contributed by atoms with Gasteiger partial charge < -0.3 is 9.52 Å². The predicted molar refractivity (Wildman–Crippen MR) is 81.8 cm³/mol. The molecule has 2 heterocycles. The smallest absolute Gasteiger partial charge is 0.371 e. The third-order valence-corrected chi connectivity index (χ3v) is 5.04. The van der Waals surface area contributed by atoms with Gasteiger partial charge in [0.25, 0.3) is 10.0 Å². The summed E-state index contributed by atoms with van der Waals surface area (Å²) < 4.78 is 33.5. The van der Waals surface area contributed by atoms with E-state index in [1.165, 1.54) is 0 Å². The molecule has 0 aliphatic rings. The van der Waals surface area contributed by atoms with Crippen LogP contribution in [-0.2, 0) is 23.5 Å². The van der Waals surface area contributed by atoms with Crippen molar-refractivity contribution in [3.8, 4) is 0 Å². The van der Waals surface area contributed by atoms with E-state index in [0.717, 1.165) is 29.1 Å². The van der Waals surface area contributed by atoms with Crippen LogP contribution in [0.3, 0.4) is 0 Å². The van der Waals surface area contributed by atoms with Gasteiger partial charge in [-0.3, -0.25) is 4.68 Å². The highest BCUT2D eigenvalue weighted by molar-refractivity contribution is 7.89. The first-order valence-electron chi connectivity index (χ1n) is 6.96. The lowest BCUT2D eigenvalue weighted by atomic mass is 10.1. The van der Waals surface area contributed by atoms with Crippen LogP contribution in [0.2, 0.25) is 0 Å². The lowest BCUT2D eigenvalue weighted by Gasteiger charge is -2.13. The van der Waals surface area contributed by atoms with Crippen LogP contribution in [0.4, 0.5) is 0 Å². The molecule has 2 N–H and O–H groups in total. The van der Waals surface area contributed by atoms with Crippen molar-refractivity contribution < 1.29 is 22.7 Å². The molecule has 0 radical (unpaired) electrons. The van der Waals surface area contributed by atoms with Crippen molar-refractivity contribution in [1.29, 1.82) is 0 Å². The minimum Gasteiger partial charge on any atom is -0.475 e. The molecule has 0 aromatic carbocycles. The number of hydrogen-bond donors (Lipinski definition) is 2. The van der Waals surface area contributed by atoms with E-state index in [4.69, 9.17) is 9.52 Å². The normalized spacial score (nSPS) is 13.2. The van der Waals surface area contributed by atoms with Crippen molar-refractivity contribution in [2.45, 2.75) is 38.3 Å². The third kappa shape index (κ3) is 3.62. The van der Waals surface area contributed by atoms with Gasteiger partial charge in [-0.15, -0.1) is 0 Å². The van der Waals surface area contributed by atoms with E-state index in [9.17, 15) is 13.2 Å². The van der Waals surface area contributed by atoms with Gasteiger partial charge >= 0.3 is 5.97 Å². The van der Waals surface area contributed by atoms with Crippen molar-refractivity contribution in [3.63, 3.8) is 0 Å². The molecule has 1 atom stereocenters. The summed E-state index contributed by atoms with van der Waals surface area (Å²) in [5.74, 6) is -1.74. The summed E-state index contributed by atoms with van der Waals surface area (Å²) in [5.41, 5.74) is 2.80. The molecule has 2 aromatic rings. The molecular weight excluding hydrogens is 322 g/mol. The third-order valence-electron chi connectivity index (χ3n) is 3.58. The van der Waals surface area contributed by atoms with E-state index in [1.807, 2.05) is 20.9 Å². The maximum Gasteiger partial charge on any atom is 0.371 e. The van der Waals surface area contributed by atoms with Crippen LogP contribution in [0.5, 0.6) is 0 Å². The van der Waals surface area contributed by atoms with Crippen molar-refractivity contribution in [1.82, 2.24) is 14.5 Å². The Kier molecular flexibility index (Phi) is 4.62. The molecule has 2 aromatic heterocycles. The Hall–Kier alpha value is -2.13. The molecule has 0 aliphatic heterocycles. The summed E-state index contributed by atoms with van der Waals surface area (Å²) in [6.45, 7) is 5.52. The molecule has 126 valence electrons. The highest BCUT2D eigenvalue weighted by Gasteiger charge is 2.24. The lowest BCUT2D eigenvalue weighted by molar-refractivity contribution is 0.0656. The number of aromatic nitrogens is 2. The first-order chi connectivity index (χ1) is 10.6. The molecule has 2 rings (SSSR count). The minimum absolute atomic E-state index is 0.403. The van der Waals surface area contributed by atoms with Crippen LogP contribution in [0.15, 0.2) is 21.6 Å². The number of nitrogens with zero attached hydrogens (tertiary/aromatic N) is 2. The number of sulfonamides is 1. The first-order valence-corrected chi connectivity index (χ1v) is 8.44. The second-order valence-electron chi connectivity index (χ2n) is 5.42. The Morgan fingerprint density at radius 2 is 2.09 bits per heavy atom. The number of hydrogen-bond acceptors (Lipinski definition) is 5. The molecule has 1 unspecified atom stereocenters. The van der Waals surface area contributed by atoms with Gasteiger partial charge in [0.2, 0.25) is 10.9 Å². The topological polar surface area (TPSA) is 114 Å². The fourth-order valence-electron chi connectivity index (χ4n) is 2.36. The molecule has 0 bridgehead atoms. The van der Waals surface area contributed by atoms with Crippen LogP contribution in [0, 0.1) is 13.8 Å². The second-order valence-corrected chi connectivity index (χ2v) is 7.07. The van der Waals surface area contributed by atoms with E-state index >= 15 is 0 Å². The van der Waals surface area contributed by atoms with Crippen LogP contribution in [-0.4, -0.2) is 35.3 Å². The Morgan fingerprint density at radius 3 is 2.57 bits per heavy atom. The summed E-state index contributed by atoms with van der Waals surface area (Å²) in [5, 5.41) is 12.7. The van der Waals surface area contributed by atoms with Gasteiger partial charge in [-0.05, 0) is 44.9 Å². The van der Waals surface area contributed by atoms with Gasteiger partial charge in [-0.1, -0.05) is 0 Å². The molecule has 8 nitrogen and oxygen atoms in total. The van der Waals surface area contributed by atoms with Crippen LogP contribution >= 0.6 is 0 Å². The molecule has 0 saturated heterocycles. The summed E-state index contributed by atoms with van der Waals surface area (Å²) in [6.07, 6.45) is 0.469. The summed E-state index contributed by atoms with van der Waals surface area (Å²) >= 11 is 0. The number of aromatic carboxylic acids is 1. The van der Waals surface area contributed by atoms with E-state index in [1.54, 1.807) is 11.6 Å². The monoisotopic (exact) mass is 341 g/mol. The maximum absolute atomic E-state index is 12.2. The van der Waals surface area contributed by atoms with Crippen molar-refractivity contribution in [2.24, 2.45) is 7.05 Å². The zero-order valence-electron chi connectivity index (χ0n) is 13.3. The number of carboxylic acid groups (broad SMARTS) is 1. The largest absolute Gasteiger partial charge is 0.475 e. The van der Waals surface area contributed by atoms with E-state index in [2.05, 4.69) is 9.82 Å². The number of carboxylic acids is 1. The van der Waals surface area contributed by atoms with Gasteiger partial charge in [0, 0.05) is 18.8 Å². The Labute approximate surface area is 134 Å². The molecule has 23 heavy (non-hydrogen) atoms. The fraction of sp³-hybridized carbons (Fsp3) is 0.429. The van der Waals surface area contributed by atoms with Crippen LogP contribution in [0.25, 0.3) is 0 Å². The average Bonchev–Trinajstić information content (AvgIpc) is 3.01. The van der Waals surface area contributed by atoms with Gasteiger partial charge in [0.15, 0.2) is 0 Å². The Morgan fingerprint density at radius 1 is 1.43 bits per heavy atom. The molecule has 9 heteroatoms. The van der Waals surface area contributed by atoms with Crippen molar-refractivity contribution in [3.05, 3.63) is 34.8 Å². The predicted octanol–water partition coefficient (Wildman–Crippen LogP) is 1.24. The number of furan rings is 1. The molecular formula is C14H19N3O5S. The SMILES string of the molecule is Cc1nn(C)c(C)c1CC(C)NS(=O)(=O)c1ccc(C(=O)O)o1. The number of rotatable bonds is 6. The number of aryl methyl sites for hydroxylation is 2. The van der Waals surface area contributed by atoms with Gasteiger partial charge in [-0.25, -0.2) is 17.9 Å². The van der Waals surface area contributed by atoms with Crippen molar-refractivity contribution >= 4 is 16.0 Å². The average molecular weight is 341 g/mol. The molecule has 0 saturated carbocycles. The van der Waals surface area contributed by atoms with E-state index < -0.39 is 32.9 Å². The first kappa shape index (κ1) is 17.2. The zero-order chi connectivity index (χ0) is 17.4. The quantitative estimate of drug-likeness (QED) is 0.817. The summed E-state index contributed by atoms with van der Waals surface area (Å²) in [7, 11) is -2.09. The second kappa shape index (κ2) is 6.17. The number of nitrogens with one attached hydrogen (secondary N) is 1. The minimum atomic E-state index is -3.92. The number of carbonyl (C=O) groups is 1. The summed E-state index contributed by atoms with van der Waals surface area (Å²) in [6, 6.07) is 1.83. The Balaban J connectivity index is 2.14. The van der Waals surface area contributed by atoms with Gasteiger partial charge in [0.1, 0.15) is 0 Å². The summed E-state index contributed by atoms with van der Waals surface area (Å²) in [4.78, 5) is 10.8. The van der Waals surface area contributed by atoms with E-state index in [0.29, 0.717) is 6.42 Å².